The van der Waals surface area contributed by atoms with Gasteiger partial charge in [0.25, 0.3) is 0 Å². The van der Waals surface area contributed by atoms with Crippen LogP contribution < -0.4 is 10.0 Å². The Morgan fingerprint density at radius 1 is 1.42 bits per heavy atom. The molecule has 1 rings (SSSR count). The molecule has 1 atom stereocenters. The predicted octanol–water partition coefficient (Wildman–Crippen LogP) is 1.22. The Bertz CT molecular complexity index is 491. The molecule has 1 heterocycles. The molecular weight excluding hydrogens is 266 g/mol. The van der Waals surface area contributed by atoms with E-state index in [9.17, 15) is 8.42 Å². The van der Waals surface area contributed by atoms with E-state index in [-0.39, 0.29) is 10.9 Å². The molecule has 1 unspecified atom stereocenters. The minimum absolute atomic E-state index is 0.153. The summed E-state index contributed by atoms with van der Waals surface area (Å²) in [6, 6.07) is 2.84. The Labute approximate surface area is 114 Å². The third-order valence-electron chi connectivity index (χ3n) is 2.33. The van der Waals surface area contributed by atoms with Crippen molar-refractivity contribution in [3.63, 3.8) is 0 Å². The normalized spacial score (nSPS) is 13.2. The molecule has 0 amide bonds. The van der Waals surface area contributed by atoms with E-state index < -0.39 is 10.0 Å². The highest BCUT2D eigenvalue weighted by molar-refractivity contribution is 7.89. The van der Waals surface area contributed by atoms with Crippen molar-refractivity contribution in [2.24, 2.45) is 0 Å². The number of aromatic nitrogens is 1. The summed E-state index contributed by atoms with van der Waals surface area (Å²) < 4.78 is 32.3. The number of nitrogens with one attached hydrogen (secondary N) is 2. The van der Waals surface area contributed by atoms with Crippen molar-refractivity contribution >= 4 is 15.8 Å². The van der Waals surface area contributed by atoms with Gasteiger partial charge in [0.2, 0.25) is 10.0 Å². The van der Waals surface area contributed by atoms with E-state index in [2.05, 4.69) is 15.0 Å². The molecule has 0 saturated heterocycles. The van der Waals surface area contributed by atoms with Crippen molar-refractivity contribution < 1.29 is 13.2 Å². The molecule has 0 fully saturated rings. The third-order valence-corrected chi connectivity index (χ3v) is 3.95. The quantitative estimate of drug-likeness (QED) is 0.751. The number of nitrogens with zero attached hydrogens (tertiary/aromatic N) is 1. The van der Waals surface area contributed by atoms with Crippen LogP contribution in [0.2, 0.25) is 0 Å². The largest absolute Gasteiger partial charge is 0.380 e. The Morgan fingerprint density at radius 3 is 2.79 bits per heavy atom. The number of ether oxygens (including phenoxy) is 1. The van der Waals surface area contributed by atoms with Gasteiger partial charge in [0.1, 0.15) is 10.7 Å². The van der Waals surface area contributed by atoms with E-state index in [0.29, 0.717) is 25.6 Å². The fraction of sp³-hybridized carbons (Fsp3) is 0.583. The molecule has 0 radical (unpaired) electrons. The van der Waals surface area contributed by atoms with Crippen LogP contribution in [-0.4, -0.2) is 39.2 Å². The van der Waals surface area contributed by atoms with Crippen LogP contribution in [0.15, 0.2) is 23.2 Å². The van der Waals surface area contributed by atoms with E-state index >= 15 is 0 Å². The smallest absolute Gasteiger partial charge is 0.244 e. The molecule has 0 bridgehead atoms. The number of hydrogen-bond acceptors (Lipinski definition) is 5. The highest BCUT2D eigenvalue weighted by Crippen LogP contribution is 2.17. The molecular formula is C12H21N3O3S. The lowest BCUT2D eigenvalue weighted by atomic mass is 10.4. The first-order chi connectivity index (χ1) is 9.01. The monoisotopic (exact) mass is 287 g/mol. The second-order valence-electron chi connectivity index (χ2n) is 4.06. The highest BCUT2D eigenvalue weighted by Gasteiger charge is 2.21. The molecule has 108 valence electrons. The van der Waals surface area contributed by atoms with Gasteiger partial charge in [-0.15, -0.1) is 0 Å². The second kappa shape index (κ2) is 7.42. The van der Waals surface area contributed by atoms with Crippen LogP contribution in [0.4, 0.5) is 5.82 Å². The summed E-state index contributed by atoms with van der Waals surface area (Å²) in [7, 11) is -3.60. The standard InChI is InChI=1S/C12H21N3O3S/c1-4-13-12-11(7-6-8-14-12)19(16,17)15-10(3)9-18-5-2/h6-8,10,15H,4-5,9H2,1-3H3,(H,13,14). The Balaban J connectivity index is 2.88. The molecule has 0 aliphatic heterocycles. The summed E-state index contributed by atoms with van der Waals surface area (Å²) in [6.07, 6.45) is 1.56. The molecule has 0 spiro atoms. The fourth-order valence-corrected chi connectivity index (χ4v) is 2.93. The van der Waals surface area contributed by atoms with Crippen molar-refractivity contribution in [3.05, 3.63) is 18.3 Å². The summed E-state index contributed by atoms with van der Waals surface area (Å²) in [4.78, 5) is 4.20. The molecule has 0 saturated carbocycles. The van der Waals surface area contributed by atoms with E-state index in [1.165, 1.54) is 6.07 Å². The first kappa shape index (κ1) is 15.9. The molecule has 0 aliphatic rings. The minimum Gasteiger partial charge on any atom is -0.380 e. The van der Waals surface area contributed by atoms with Gasteiger partial charge in [-0.3, -0.25) is 0 Å². The van der Waals surface area contributed by atoms with E-state index in [0.717, 1.165) is 0 Å². The fourth-order valence-electron chi connectivity index (χ4n) is 1.56. The average Bonchev–Trinajstić information content (AvgIpc) is 2.37. The zero-order valence-electron chi connectivity index (χ0n) is 11.5. The van der Waals surface area contributed by atoms with Gasteiger partial charge in [-0.2, -0.15) is 0 Å². The first-order valence-corrected chi connectivity index (χ1v) is 7.78. The maximum absolute atomic E-state index is 12.3. The highest BCUT2D eigenvalue weighted by atomic mass is 32.2. The van der Waals surface area contributed by atoms with Crippen molar-refractivity contribution in [1.29, 1.82) is 0 Å². The summed E-state index contributed by atoms with van der Waals surface area (Å²) >= 11 is 0. The van der Waals surface area contributed by atoms with Gasteiger partial charge in [0.05, 0.1) is 6.61 Å². The van der Waals surface area contributed by atoms with Crippen LogP contribution in [0.25, 0.3) is 0 Å². The molecule has 2 N–H and O–H groups in total. The molecule has 1 aromatic heterocycles. The molecule has 19 heavy (non-hydrogen) atoms. The lowest BCUT2D eigenvalue weighted by molar-refractivity contribution is 0.133. The molecule has 0 aliphatic carbocycles. The van der Waals surface area contributed by atoms with E-state index in [1.54, 1.807) is 19.2 Å². The van der Waals surface area contributed by atoms with E-state index in [1.807, 2.05) is 13.8 Å². The van der Waals surface area contributed by atoms with E-state index in [4.69, 9.17) is 4.74 Å². The number of rotatable bonds is 8. The SMILES string of the molecule is CCNc1ncccc1S(=O)(=O)NC(C)COCC. The van der Waals surface area contributed by atoms with Crippen molar-refractivity contribution in [2.45, 2.75) is 31.7 Å². The predicted molar refractivity (Wildman–Crippen MR) is 74.7 cm³/mol. The molecule has 0 aromatic carbocycles. The summed E-state index contributed by atoms with van der Waals surface area (Å²) in [6.45, 7) is 7.01. The van der Waals surface area contributed by atoms with Crippen LogP contribution in [0.1, 0.15) is 20.8 Å². The van der Waals surface area contributed by atoms with Crippen molar-refractivity contribution in [3.8, 4) is 0 Å². The number of sulfonamides is 1. The third kappa shape index (κ3) is 4.77. The van der Waals surface area contributed by atoms with Gasteiger partial charge in [0.15, 0.2) is 0 Å². The van der Waals surface area contributed by atoms with Gasteiger partial charge in [0, 0.05) is 25.4 Å². The number of pyridine rings is 1. The molecule has 1 aromatic rings. The maximum atomic E-state index is 12.3. The lowest BCUT2D eigenvalue weighted by Crippen LogP contribution is -2.36. The van der Waals surface area contributed by atoms with Crippen LogP contribution >= 0.6 is 0 Å². The summed E-state index contributed by atoms with van der Waals surface area (Å²) in [5.74, 6) is 0.362. The summed E-state index contributed by atoms with van der Waals surface area (Å²) in [5.41, 5.74) is 0. The summed E-state index contributed by atoms with van der Waals surface area (Å²) in [5, 5.41) is 2.94. The topological polar surface area (TPSA) is 80.3 Å². The van der Waals surface area contributed by atoms with Crippen molar-refractivity contribution in [1.82, 2.24) is 9.71 Å². The average molecular weight is 287 g/mol. The van der Waals surface area contributed by atoms with Gasteiger partial charge in [-0.1, -0.05) is 0 Å². The second-order valence-corrected chi connectivity index (χ2v) is 5.74. The number of hydrogen-bond donors (Lipinski definition) is 2. The van der Waals surface area contributed by atoms with Crippen LogP contribution in [0.3, 0.4) is 0 Å². The zero-order chi connectivity index (χ0) is 14.3. The Morgan fingerprint density at radius 2 is 2.16 bits per heavy atom. The minimum atomic E-state index is -3.60. The van der Waals surface area contributed by atoms with Crippen molar-refractivity contribution in [2.75, 3.05) is 25.1 Å². The van der Waals surface area contributed by atoms with Gasteiger partial charge in [-0.05, 0) is 32.9 Å². The maximum Gasteiger partial charge on any atom is 0.244 e. The Kier molecular flexibility index (Phi) is 6.20. The number of anilines is 1. The molecule has 7 heteroatoms. The van der Waals surface area contributed by atoms with Crippen LogP contribution in [-0.2, 0) is 14.8 Å². The van der Waals surface area contributed by atoms with Crippen LogP contribution in [0, 0.1) is 0 Å². The van der Waals surface area contributed by atoms with Crippen LogP contribution in [0.5, 0.6) is 0 Å². The Hall–Kier alpha value is -1.18. The first-order valence-electron chi connectivity index (χ1n) is 6.30. The van der Waals surface area contributed by atoms with Gasteiger partial charge >= 0.3 is 0 Å². The zero-order valence-corrected chi connectivity index (χ0v) is 12.3. The van der Waals surface area contributed by atoms with Gasteiger partial charge < -0.3 is 10.1 Å². The molecule has 6 nitrogen and oxygen atoms in total. The lowest BCUT2D eigenvalue weighted by Gasteiger charge is -2.15. The van der Waals surface area contributed by atoms with Gasteiger partial charge in [-0.25, -0.2) is 18.1 Å².